The van der Waals surface area contributed by atoms with E-state index in [2.05, 4.69) is 10.2 Å². The molecule has 0 aromatic heterocycles. The van der Waals surface area contributed by atoms with E-state index in [0.717, 1.165) is 31.5 Å². The van der Waals surface area contributed by atoms with Crippen LogP contribution in [0.15, 0.2) is 12.1 Å². The van der Waals surface area contributed by atoms with E-state index in [1.807, 2.05) is 14.1 Å². The molecule has 0 saturated carbocycles. The number of nitrogens with zero attached hydrogens (tertiary/aromatic N) is 1. The first-order valence-corrected chi connectivity index (χ1v) is 6.09. The number of nitrogen functional groups attached to an aromatic ring is 1. The molecule has 0 saturated heterocycles. The molecule has 0 spiro atoms. The van der Waals surface area contributed by atoms with Gasteiger partial charge in [0.25, 0.3) is 5.91 Å². The van der Waals surface area contributed by atoms with E-state index in [9.17, 15) is 13.6 Å². The van der Waals surface area contributed by atoms with Gasteiger partial charge in [0.15, 0.2) is 11.6 Å². The topological polar surface area (TPSA) is 58.4 Å². The van der Waals surface area contributed by atoms with Crippen LogP contribution in [0.3, 0.4) is 0 Å². The summed E-state index contributed by atoms with van der Waals surface area (Å²) >= 11 is 0. The van der Waals surface area contributed by atoms with Crippen LogP contribution >= 0.6 is 0 Å². The molecule has 1 amide bonds. The maximum Gasteiger partial charge on any atom is 0.253 e. The standard InChI is InChI=1S/C13H19F2N3O/c1-18(2)6-4-3-5-17-13(19)9-7-10(14)11(15)8-12(9)16/h7-8H,3-6,16H2,1-2H3,(H,17,19). The van der Waals surface area contributed by atoms with E-state index < -0.39 is 17.5 Å². The smallest absolute Gasteiger partial charge is 0.253 e. The van der Waals surface area contributed by atoms with Gasteiger partial charge in [-0.25, -0.2) is 8.78 Å². The van der Waals surface area contributed by atoms with Crippen LogP contribution in [0.2, 0.25) is 0 Å². The number of hydrogen-bond donors (Lipinski definition) is 2. The highest BCUT2D eigenvalue weighted by Gasteiger charge is 2.13. The molecule has 1 aromatic rings. The lowest BCUT2D eigenvalue weighted by atomic mass is 10.1. The molecule has 0 aliphatic rings. The van der Waals surface area contributed by atoms with E-state index in [1.54, 1.807) is 0 Å². The first kappa shape index (κ1) is 15.4. The average molecular weight is 271 g/mol. The average Bonchev–Trinajstić information content (AvgIpc) is 2.32. The van der Waals surface area contributed by atoms with Crippen molar-refractivity contribution in [3.05, 3.63) is 29.3 Å². The van der Waals surface area contributed by atoms with E-state index in [1.165, 1.54) is 0 Å². The largest absolute Gasteiger partial charge is 0.398 e. The molecule has 6 heteroatoms. The maximum absolute atomic E-state index is 13.0. The highest BCUT2D eigenvalue weighted by atomic mass is 19.2. The van der Waals surface area contributed by atoms with Gasteiger partial charge >= 0.3 is 0 Å². The molecular weight excluding hydrogens is 252 g/mol. The second-order valence-corrected chi connectivity index (χ2v) is 4.62. The third-order valence-electron chi connectivity index (χ3n) is 2.65. The van der Waals surface area contributed by atoms with Gasteiger partial charge in [-0.1, -0.05) is 0 Å². The Morgan fingerprint density at radius 2 is 1.89 bits per heavy atom. The van der Waals surface area contributed by atoms with Gasteiger partial charge in [-0.3, -0.25) is 4.79 Å². The molecule has 0 atom stereocenters. The van der Waals surface area contributed by atoms with Crippen LogP contribution in [0.25, 0.3) is 0 Å². The van der Waals surface area contributed by atoms with Crippen molar-refractivity contribution in [2.24, 2.45) is 0 Å². The van der Waals surface area contributed by atoms with Crippen LogP contribution < -0.4 is 11.1 Å². The van der Waals surface area contributed by atoms with Crippen molar-refractivity contribution in [2.45, 2.75) is 12.8 Å². The molecule has 4 nitrogen and oxygen atoms in total. The zero-order valence-corrected chi connectivity index (χ0v) is 11.2. The summed E-state index contributed by atoms with van der Waals surface area (Å²) < 4.78 is 25.9. The van der Waals surface area contributed by atoms with E-state index >= 15 is 0 Å². The number of amides is 1. The molecule has 1 rings (SSSR count). The Morgan fingerprint density at radius 3 is 2.53 bits per heavy atom. The van der Waals surface area contributed by atoms with Crippen LogP contribution in [-0.2, 0) is 0 Å². The second-order valence-electron chi connectivity index (χ2n) is 4.62. The van der Waals surface area contributed by atoms with Crippen LogP contribution in [0.4, 0.5) is 14.5 Å². The van der Waals surface area contributed by atoms with Crippen LogP contribution in [0.5, 0.6) is 0 Å². The highest BCUT2D eigenvalue weighted by molar-refractivity contribution is 5.99. The third kappa shape index (κ3) is 4.82. The molecule has 19 heavy (non-hydrogen) atoms. The zero-order valence-electron chi connectivity index (χ0n) is 11.2. The number of nitrogens with two attached hydrogens (primary N) is 1. The van der Waals surface area contributed by atoms with Gasteiger partial charge in [-0.15, -0.1) is 0 Å². The maximum atomic E-state index is 13.0. The van der Waals surface area contributed by atoms with Crippen molar-refractivity contribution < 1.29 is 13.6 Å². The number of anilines is 1. The monoisotopic (exact) mass is 271 g/mol. The minimum absolute atomic E-state index is 0.0356. The Bertz CT molecular complexity index is 450. The number of hydrogen-bond acceptors (Lipinski definition) is 3. The summed E-state index contributed by atoms with van der Waals surface area (Å²) in [5.41, 5.74) is 5.39. The van der Waals surface area contributed by atoms with E-state index in [-0.39, 0.29) is 11.3 Å². The normalized spacial score (nSPS) is 10.8. The van der Waals surface area contributed by atoms with Crippen LogP contribution in [0, 0.1) is 11.6 Å². The molecule has 0 heterocycles. The van der Waals surface area contributed by atoms with E-state index in [4.69, 9.17) is 5.73 Å². The van der Waals surface area contributed by atoms with Gasteiger partial charge in [-0.05, 0) is 39.5 Å². The number of nitrogens with one attached hydrogen (secondary N) is 1. The van der Waals surface area contributed by atoms with Crippen LogP contribution in [0.1, 0.15) is 23.2 Å². The predicted molar refractivity (Wildman–Crippen MR) is 70.9 cm³/mol. The van der Waals surface area contributed by atoms with Crippen molar-refractivity contribution >= 4 is 11.6 Å². The minimum Gasteiger partial charge on any atom is -0.398 e. The molecule has 0 fully saturated rings. The molecule has 3 N–H and O–H groups in total. The van der Waals surface area contributed by atoms with Gasteiger partial charge in [0.05, 0.1) is 5.56 Å². The number of carbonyl (C=O) groups excluding carboxylic acids is 1. The fraction of sp³-hybridized carbons (Fsp3) is 0.462. The lowest BCUT2D eigenvalue weighted by Gasteiger charge is -2.10. The van der Waals surface area contributed by atoms with Crippen molar-refractivity contribution in [2.75, 3.05) is 32.9 Å². The number of carbonyl (C=O) groups is 1. The van der Waals surface area contributed by atoms with Gasteiger partial charge < -0.3 is 16.0 Å². The molecule has 106 valence electrons. The Morgan fingerprint density at radius 1 is 1.26 bits per heavy atom. The van der Waals surface area contributed by atoms with Crippen molar-refractivity contribution in [1.82, 2.24) is 10.2 Å². The van der Waals surface area contributed by atoms with Gasteiger partial charge in [0.2, 0.25) is 0 Å². The summed E-state index contributed by atoms with van der Waals surface area (Å²) in [7, 11) is 3.95. The molecule has 0 bridgehead atoms. The van der Waals surface area contributed by atoms with Gasteiger partial charge in [0, 0.05) is 18.3 Å². The first-order valence-electron chi connectivity index (χ1n) is 6.09. The summed E-state index contributed by atoms with van der Waals surface area (Å²) in [5.74, 6) is -2.62. The number of halogens is 2. The predicted octanol–water partition coefficient (Wildman–Crippen LogP) is 1.62. The molecule has 0 aliphatic carbocycles. The van der Waals surface area contributed by atoms with Crippen molar-refractivity contribution in [1.29, 1.82) is 0 Å². The summed E-state index contributed by atoms with van der Waals surface area (Å²) in [6, 6.07) is 1.64. The van der Waals surface area contributed by atoms with Crippen molar-refractivity contribution in [3.63, 3.8) is 0 Å². The molecular formula is C13H19F2N3O. The number of benzene rings is 1. The second kappa shape index (κ2) is 7.04. The Hall–Kier alpha value is -1.69. The molecule has 0 unspecified atom stereocenters. The van der Waals surface area contributed by atoms with Crippen molar-refractivity contribution in [3.8, 4) is 0 Å². The minimum atomic E-state index is -1.08. The summed E-state index contributed by atoms with van der Waals surface area (Å²) in [6.07, 6.45) is 1.76. The SMILES string of the molecule is CN(C)CCCCNC(=O)c1cc(F)c(F)cc1N. The quantitative estimate of drug-likeness (QED) is 0.610. The van der Waals surface area contributed by atoms with Crippen LogP contribution in [-0.4, -0.2) is 38.0 Å². The fourth-order valence-electron chi connectivity index (χ4n) is 1.61. The third-order valence-corrected chi connectivity index (χ3v) is 2.65. The summed E-state index contributed by atoms with van der Waals surface area (Å²) in [4.78, 5) is 13.8. The highest BCUT2D eigenvalue weighted by Crippen LogP contribution is 2.16. The lowest BCUT2D eigenvalue weighted by Crippen LogP contribution is -2.26. The number of rotatable bonds is 6. The Kier molecular flexibility index (Phi) is 5.69. The number of unbranched alkanes of at least 4 members (excludes halogenated alkanes) is 1. The first-order chi connectivity index (χ1) is 8.91. The zero-order chi connectivity index (χ0) is 14.4. The molecule has 0 radical (unpaired) electrons. The molecule has 0 aliphatic heterocycles. The summed E-state index contributed by atoms with van der Waals surface area (Å²) in [6.45, 7) is 1.41. The molecule has 1 aromatic carbocycles. The Balaban J connectivity index is 2.48. The summed E-state index contributed by atoms with van der Waals surface area (Å²) in [5, 5.41) is 2.63. The Labute approximate surface area is 111 Å². The van der Waals surface area contributed by atoms with Gasteiger partial charge in [0.1, 0.15) is 0 Å². The van der Waals surface area contributed by atoms with Gasteiger partial charge in [-0.2, -0.15) is 0 Å². The van der Waals surface area contributed by atoms with E-state index in [0.29, 0.717) is 6.54 Å². The fourth-order valence-corrected chi connectivity index (χ4v) is 1.61. The lowest BCUT2D eigenvalue weighted by molar-refractivity contribution is 0.0953.